The molecule has 0 saturated heterocycles. The number of fused-ring (bicyclic) bond motifs is 1. The van der Waals surface area contributed by atoms with Crippen molar-refractivity contribution in [3.8, 4) is 0 Å². The Balaban J connectivity index is 1.60. The van der Waals surface area contributed by atoms with Crippen LogP contribution in [0.3, 0.4) is 0 Å². The average Bonchev–Trinajstić information content (AvgIpc) is 3.18. The number of nitrogens with zero attached hydrogens (tertiary/aromatic N) is 3. The van der Waals surface area contributed by atoms with E-state index in [0.29, 0.717) is 56.0 Å². The third-order valence-electron chi connectivity index (χ3n) is 5.68. The molecule has 9 heteroatoms. The van der Waals surface area contributed by atoms with Gasteiger partial charge < -0.3 is 19.7 Å². The Labute approximate surface area is 200 Å². The molecule has 0 atom stereocenters. The van der Waals surface area contributed by atoms with Crippen LogP contribution in [0.1, 0.15) is 68.6 Å². The molecule has 1 aliphatic rings. The molecule has 0 spiro atoms. The number of hydrogen-bond acceptors (Lipinski definition) is 6. The number of aromatic nitrogens is 2. The summed E-state index contributed by atoms with van der Waals surface area (Å²) >= 11 is 0. The Hall–Kier alpha value is -3.20. The molecule has 34 heavy (non-hydrogen) atoms. The minimum Gasteiger partial charge on any atom is -0.462 e. The summed E-state index contributed by atoms with van der Waals surface area (Å²) < 4.78 is 12.8. The Morgan fingerprint density at radius 1 is 1.15 bits per heavy atom. The van der Waals surface area contributed by atoms with Crippen LogP contribution in [0, 0.1) is 0 Å². The van der Waals surface area contributed by atoms with E-state index in [9.17, 15) is 14.4 Å². The van der Waals surface area contributed by atoms with Crippen molar-refractivity contribution in [1.29, 1.82) is 0 Å². The molecule has 1 aliphatic heterocycles. The number of carbonyl (C=O) groups excluding carboxylic acids is 3. The van der Waals surface area contributed by atoms with Crippen molar-refractivity contribution in [2.75, 3.05) is 40.5 Å². The van der Waals surface area contributed by atoms with Crippen molar-refractivity contribution in [1.82, 2.24) is 20.0 Å². The number of rotatable bonds is 7. The van der Waals surface area contributed by atoms with Gasteiger partial charge in [-0.25, -0.2) is 4.79 Å². The van der Waals surface area contributed by atoms with Gasteiger partial charge in [-0.3, -0.25) is 14.3 Å². The first kappa shape index (κ1) is 25.4. The molecular weight excluding hydrogens is 436 g/mol. The Kier molecular flexibility index (Phi) is 9.21. The second-order valence-electron chi connectivity index (χ2n) is 8.43. The third kappa shape index (κ3) is 6.44. The fourth-order valence-electron chi connectivity index (χ4n) is 3.90. The molecule has 3 rings (SSSR count). The van der Waals surface area contributed by atoms with Crippen LogP contribution in [0.5, 0.6) is 0 Å². The predicted octanol–water partition coefficient (Wildman–Crippen LogP) is 2.48. The number of nitrogens with one attached hydrogen (secondary N) is 1. The molecule has 2 amide bonds. The zero-order valence-corrected chi connectivity index (χ0v) is 20.3. The Morgan fingerprint density at radius 2 is 1.85 bits per heavy atom. The quantitative estimate of drug-likeness (QED) is 0.493. The summed E-state index contributed by atoms with van der Waals surface area (Å²) in [4.78, 5) is 38.6. The molecule has 9 nitrogen and oxygen atoms in total. The van der Waals surface area contributed by atoms with E-state index in [4.69, 9.17) is 9.47 Å². The molecule has 0 saturated carbocycles. The van der Waals surface area contributed by atoms with Gasteiger partial charge in [0.25, 0.3) is 11.8 Å². The molecule has 1 aromatic heterocycles. The van der Waals surface area contributed by atoms with Crippen LogP contribution in [0.4, 0.5) is 0 Å². The van der Waals surface area contributed by atoms with E-state index >= 15 is 0 Å². The van der Waals surface area contributed by atoms with Crippen molar-refractivity contribution in [2.45, 2.75) is 45.6 Å². The van der Waals surface area contributed by atoms with Crippen LogP contribution in [0.15, 0.2) is 24.3 Å². The van der Waals surface area contributed by atoms with Gasteiger partial charge in [-0.15, -0.1) is 0 Å². The summed E-state index contributed by atoms with van der Waals surface area (Å²) in [5.41, 5.74) is 3.37. The Morgan fingerprint density at radius 3 is 2.56 bits per heavy atom. The standard InChI is InChI=1S/C25H34N4O5/c1-4-29-22-20(8-5-15-33-16-7-14-26-23(22)30)21(27-29)9-6-17-34-25(32)19-12-10-18(11-13-19)24(31)28(2)3/h10-13H,4-9,14-17H2,1-3H3,(H,26,30). The maximum Gasteiger partial charge on any atom is 0.338 e. The number of aryl methyl sites for hydroxylation is 2. The second kappa shape index (κ2) is 12.3. The van der Waals surface area contributed by atoms with Gasteiger partial charge >= 0.3 is 5.97 Å². The number of ether oxygens (including phenoxy) is 2. The highest BCUT2D eigenvalue weighted by Gasteiger charge is 2.23. The highest BCUT2D eigenvalue weighted by molar-refractivity contribution is 5.96. The molecule has 0 unspecified atom stereocenters. The van der Waals surface area contributed by atoms with Crippen LogP contribution in [-0.2, 0) is 28.9 Å². The van der Waals surface area contributed by atoms with E-state index in [1.54, 1.807) is 43.0 Å². The summed E-state index contributed by atoms with van der Waals surface area (Å²) in [5, 5.41) is 7.65. The number of carbonyl (C=O) groups is 3. The molecular formula is C25H34N4O5. The first-order valence-electron chi connectivity index (χ1n) is 11.9. The van der Waals surface area contributed by atoms with Crippen molar-refractivity contribution in [3.63, 3.8) is 0 Å². The van der Waals surface area contributed by atoms with E-state index in [1.807, 2.05) is 6.92 Å². The van der Waals surface area contributed by atoms with Crippen molar-refractivity contribution in [2.24, 2.45) is 0 Å². The van der Waals surface area contributed by atoms with Crippen LogP contribution in [-0.4, -0.2) is 72.9 Å². The van der Waals surface area contributed by atoms with Crippen LogP contribution in [0.2, 0.25) is 0 Å². The number of amides is 2. The summed E-state index contributed by atoms with van der Waals surface area (Å²) in [6, 6.07) is 6.44. The average molecular weight is 471 g/mol. The molecule has 0 aliphatic carbocycles. The maximum absolute atomic E-state index is 12.8. The van der Waals surface area contributed by atoms with Gasteiger partial charge in [-0.2, -0.15) is 5.10 Å². The van der Waals surface area contributed by atoms with Gasteiger partial charge in [-0.05, 0) is 63.3 Å². The van der Waals surface area contributed by atoms with E-state index in [0.717, 1.165) is 30.5 Å². The summed E-state index contributed by atoms with van der Waals surface area (Å²) in [5.74, 6) is -0.651. The summed E-state index contributed by atoms with van der Waals surface area (Å²) in [6.45, 7) is 4.68. The predicted molar refractivity (Wildman–Crippen MR) is 127 cm³/mol. The van der Waals surface area contributed by atoms with Gasteiger partial charge in [0.2, 0.25) is 0 Å². The topological polar surface area (TPSA) is 103 Å². The molecule has 0 radical (unpaired) electrons. The number of benzene rings is 1. The van der Waals surface area contributed by atoms with E-state index in [2.05, 4.69) is 10.4 Å². The molecule has 2 aromatic rings. The SMILES string of the molecule is CCn1nc(CCCOC(=O)c2ccc(C(=O)N(C)C)cc2)c2c1C(=O)NCCCOCCC2. The summed E-state index contributed by atoms with van der Waals surface area (Å²) in [6.07, 6.45) is 3.52. The highest BCUT2D eigenvalue weighted by Crippen LogP contribution is 2.20. The largest absolute Gasteiger partial charge is 0.462 e. The first-order valence-corrected chi connectivity index (χ1v) is 11.9. The lowest BCUT2D eigenvalue weighted by atomic mass is 10.0. The normalized spacial score (nSPS) is 14.5. The molecule has 1 aromatic carbocycles. The smallest absolute Gasteiger partial charge is 0.338 e. The van der Waals surface area contributed by atoms with Gasteiger partial charge in [0.1, 0.15) is 5.69 Å². The highest BCUT2D eigenvalue weighted by atomic mass is 16.5. The molecule has 0 bridgehead atoms. The van der Waals surface area contributed by atoms with Gasteiger partial charge in [-0.1, -0.05) is 0 Å². The van der Waals surface area contributed by atoms with E-state index in [-0.39, 0.29) is 18.4 Å². The zero-order valence-electron chi connectivity index (χ0n) is 20.3. The fraction of sp³-hybridized carbons (Fsp3) is 0.520. The maximum atomic E-state index is 12.8. The minimum atomic E-state index is -0.432. The zero-order chi connectivity index (χ0) is 24.5. The van der Waals surface area contributed by atoms with Gasteiger partial charge in [0.05, 0.1) is 17.9 Å². The molecule has 2 heterocycles. The van der Waals surface area contributed by atoms with Gasteiger partial charge in [0.15, 0.2) is 0 Å². The van der Waals surface area contributed by atoms with E-state index in [1.165, 1.54) is 4.90 Å². The fourth-order valence-corrected chi connectivity index (χ4v) is 3.90. The van der Waals surface area contributed by atoms with Crippen LogP contribution >= 0.6 is 0 Å². The van der Waals surface area contributed by atoms with Crippen LogP contribution in [0.25, 0.3) is 0 Å². The Bertz CT molecular complexity index is 997. The third-order valence-corrected chi connectivity index (χ3v) is 5.68. The lowest BCUT2D eigenvalue weighted by Crippen LogP contribution is -2.28. The lowest BCUT2D eigenvalue weighted by Gasteiger charge is -2.10. The van der Waals surface area contributed by atoms with Gasteiger partial charge in [0, 0.05) is 51.5 Å². The van der Waals surface area contributed by atoms with Crippen molar-refractivity contribution in [3.05, 3.63) is 52.3 Å². The summed E-state index contributed by atoms with van der Waals surface area (Å²) in [7, 11) is 3.36. The molecule has 184 valence electrons. The molecule has 1 N–H and O–H groups in total. The van der Waals surface area contributed by atoms with Crippen LogP contribution < -0.4 is 5.32 Å². The molecule has 0 fully saturated rings. The number of esters is 1. The lowest BCUT2D eigenvalue weighted by molar-refractivity contribution is 0.0499. The number of hydrogen-bond donors (Lipinski definition) is 1. The van der Waals surface area contributed by atoms with Crippen molar-refractivity contribution >= 4 is 17.8 Å². The first-order chi connectivity index (χ1) is 16.4. The minimum absolute atomic E-state index is 0.0971. The van der Waals surface area contributed by atoms with E-state index < -0.39 is 5.97 Å². The monoisotopic (exact) mass is 470 g/mol. The van der Waals surface area contributed by atoms with Crippen molar-refractivity contribution < 1.29 is 23.9 Å². The second-order valence-corrected chi connectivity index (χ2v) is 8.43.